The van der Waals surface area contributed by atoms with E-state index in [1.165, 1.54) is 37.8 Å². The van der Waals surface area contributed by atoms with Gasteiger partial charge in [-0.25, -0.2) is 0 Å². The molecule has 2 aliphatic rings. The number of aldehydes is 1. The summed E-state index contributed by atoms with van der Waals surface area (Å²) >= 11 is 0. The fourth-order valence-electron chi connectivity index (χ4n) is 5.20. The molecule has 1 saturated carbocycles. The lowest BCUT2D eigenvalue weighted by Gasteiger charge is -2.44. The first-order chi connectivity index (χ1) is 14.9. The minimum atomic E-state index is -4.36. The Balaban J connectivity index is 1.54. The summed E-state index contributed by atoms with van der Waals surface area (Å²) in [4.78, 5) is 13.7. The molecule has 1 saturated heterocycles. The number of hydrogen-bond donors (Lipinski definition) is 1. The van der Waals surface area contributed by atoms with Gasteiger partial charge >= 0.3 is 6.18 Å². The lowest BCUT2D eigenvalue weighted by molar-refractivity contribution is -0.137. The quantitative estimate of drug-likeness (QED) is 0.624. The van der Waals surface area contributed by atoms with Crippen molar-refractivity contribution in [2.24, 2.45) is 0 Å². The Hall–Kier alpha value is -2.18. The monoisotopic (exact) mass is 430 g/mol. The second-order valence-electron chi connectivity index (χ2n) is 8.76. The van der Waals surface area contributed by atoms with Gasteiger partial charge in [0.2, 0.25) is 0 Å². The summed E-state index contributed by atoms with van der Waals surface area (Å²) in [5.41, 5.74) is 1.48. The van der Waals surface area contributed by atoms with E-state index in [1.54, 1.807) is 6.07 Å². The molecule has 2 aromatic carbocycles. The molecule has 6 heteroatoms. The zero-order chi connectivity index (χ0) is 21.9. The molecular formula is C25H29F3N2O. The fraction of sp³-hybridized carbons (Fsp3) is 0.480. The van der Waals surface area contributed by atoms with Gasteiger partial charge in [0.15, 0.2) is 0 Å². The number of halogens is 3. The van der Waals surface area contributed by atoms with E-state index in [0.717, 1.165) is 49.4 Å². The van der Waals surface area contributed by atoms with Crippen LogP contribution in [0.4, 0.5) is 13.2 Å². The number of carbonyl (C=O) groups excluding carboxylic acids is 1. The molecule has 0 radical (unpaired) electrons. The van der Waals surface area contributed by atoms with Crippen LogP contribution in [0.3, 0.4) is 0 Å². The van der Waals surface area contributed by atoms with Crippen LogP contribution in [-0.4, -0.2) is 36.9 Å². The highest BCUT2D eigenvalue weighted by atomic mass is 19.4. The second kappa shape index (κ2) is 9.13. The van der Waals surface area contributed by atoms with Gasteiger partial charge in [0.05, 0.1) is 12.1 Å². The van der Waals surface area contributed by atoms with Crippen LogP contribution in [0.25, 0.3) is 11.1 Å². The SMILES string of the molecule is O=CCNC1(c2ccc(-c3cccc(C(F)(F)F)c3)cc2)CCN(C2CCCC2)CC1. The number of piperidine rings is 1. The zero-order valence-electron chi connectivity index (χ0n) is 17.6. The van der Waals surface area contributed by atoms with E-state index < -0.39 is 11.7 Å². The van der Waals surface area contributed by atoms with Crippen molar-refractivity contribution in [3.63, 3.8) is 0 Å². The van der Waals surface area contributed by atoms with Crippen LogP contribution < -0.4 is 5.32 Å². The van der Waals surface area contributed by atoms with E-state index in [2.05, 4.69) is 10.2 Å². The van der Waals surface area contributed by atoms with Gasteiger partial charge in [0.25, 0.3) is 0 Å². The van der Waals surface area contributed by atoms with E-state index in [9.17, 15) is 18.0 Å². The number of nitrogens with zero attached hydrogens (tertiary/aromatic N) is 1. The molecule has 0 aromatic heterocycles. The van der Waals surface area contributed by atoms with Crippen molar-refractivity contribution in [1.82, 2.24) is 10.2 Å². The first-order valence-corrected chi connectivity index (χ1v) is 11.1. The van der Waals surface area contributed by atoms with Gasteiger partial charge in [-0.15, -0.1) is 0 Å². The minimum absolute atomic E-state index is 0.275. The molecule has 4 rings (SSSR count). The summed E-state index contributed by atoms with van der Waals surface area (Å²) < 4.78 is 39.2. The predicted octanol–water partition coefficient (Wildman–Crippen LogP) is 5.39. The summed E-state index contributed by atoms with van der Waals surface area (Å²) in [7, 11) is 0. The number of alkyl halides is 3. The van der Waals surface area contributed by atoms with Crippen molar-refractivity contribution in [3.8, 4) is 11.1 Å². The topological polar surface area (TPSA) is 32.3 Å². The Morgan fingerprint density at radius 2 is 1.68 bits per heavy atom. The molecule has 3 nitrogen and oxygen atoms in total. The number of nitrogens with one attached hydrogen (secondary N) is 1. The van der Waals surface area contributed by atoms with Gasteiger partial charge in [-0.3, -0.25) is 0 Å². The number of rotatable bonds is 6. The molecular weight excluding hydrogens is 401 g/mol. The molecule has 0 unspecified atom stereocenters. The third-order valence-electron chi connectivity index (χ3n) is 6.98. The van der Waals surface area contributed by atoms with Crippen molar-refractivity contribution in [2.45, 2.75) is 56.3 Å². The highest BCUT2D eigenvalue weighted by Gasteiger charge is 2.38. The fourth-order valence-corrected chi connectivity index (χ4v) is 5.20. The number of hydrogen-bond acceptors (Lipinski definition) is 3. The second-order valence-corrected chi connectivity index (χ2v) is 8.76. The smallest absolute Gasteiger partial charge is 0.302 e. The van der Waals surface area contributed by atoms with Crippen molar-refractivity contribution in [2.75, 3.05) is 19.6 Å². The first-order valence-electron chi connectivity index (χ1n) is 11.1. The summed E-state index contributed by atoms with van der Waals surface area (Å²) in [6.45, 7) is 2.27. The number of benzene rings is 2. The molecule has 0 spiro atoms. The maximum Gasteiger partial charge on any atom is 0.416 e. The lowest BCUT2D eigenvalue weighted by Crippen LogP contribution is -2.53. The molecule has 0 amide bonds. The highest BCUT2D eigenvalue weighted by Crippen LogP contribution is 2.37. The molecule has 2 fully saturated rings. The van der Waals surface area contributed by atoms with Crippen LogP contribution in [-0.2, 0) is 16.5 Å². The third-order valence-corrected chi connectivity index (χ3v) is 6.98. The van der Waals surface area contributed by atoms with Crippen LogP contribution in [0.1, 0.15) is 49.7 Å². The molecule has 31 heavy (non-hydrogen) atoms. The Morgan fingerprint density at radius 1 is 1.00 bits per heavy atom. The molecule has 1 heterocycles. The summed E-state index contributed by atoms with van der Waals surface area (Å²) in [6, 6.07) is 13.9. The van der Waals surface area contributed by atoms with Gasteiger partial charge in [-0.2, -0.15) is 13.2 Å². The molecule has 166 valence electrons. The molecule has 2 aromatic rings. The first kappa shape index (κ1) is 22.0. The Bertz CT molecular complexity index is 880. The number of carbonyl (C=O) groups is 1. The molecule has 0 bridgehead atoms. The van der Waals surface area contributed by atoms with E-state index in [4.69, 9.17) is 0 Å². The van der Waals surface area contributed by atoms with Gasteiger partial charge in [0.1, 0.15) is 6.29 Å². The van der Waals surface area contributed by atoms with Crippen molar-refractivity contribution < 1.29 is 18.0 Å². The molecule has 1 aliphatic carbocycles. The van der Waals surface area contributed by atoms with Gasteiger partial charge in [-0.1, -0.05) is 49.2 Å². The standard InChI is InChI=1S/C25H29F3N2O/c26-25(27,28)22-5-3-4-20(18-22)19-8-10-21(11-9-19)24(29-14-17-31)12-15-30(16-13-24)23-6-1-2-7-23/h3-5,8-11,17-18,23,29H,1-2,6-7,12-16H2. The largest absolute Gasteiger partial charge is 0.416 e. The molecule has 1 N–H and O–H groups in total. The van der Waals surface area contributed by atoms with E-state index in [-0.39, 0.29) is 5.54 Å². The third kappa shape index (κ3) is 4.85. The maximum atomic E-state index is 13.1. The van der Waals surface area contributed by atoms with E-state index in [0.29, 0.717) is 18.2 Å². The Labute approximate surface area is 181 Å². The number of likely N-dealkylation sites (tertiary alicyclic amines) is 1. The van der Waals surface area contributed by atoms with Gasteiger partial charge < -0.3 is 15.0 Å². The van der Waals surface area contributed by atoms with Crippen molar-refractivity contribution in [3.05, 3.63) is 59.7 Å². The van der Waals surface area contributed by atoms with E-state index in [1.807, 2.05) is 24.3 Å². The molecule has 1 aliphatic heterocycles. The highest BCUT2D eigenvalue weighted by molar-refractivity contribution is 5.65. The minimum Gasteiger partial charge on any atom is -0.302 e. The van der Waals surface area contributed by atoms with Gasteiger partial charge in [0, 0.05) is 24.7 Å². The summed E-state index contributed by atoms with van der Waals surface area (Å²) in [5, 5.41) is 3.46. The van der Waals surface area contributed by atoms with Crippen LogP contribution in [0, 0.1) is 0 Å². The van der Waals surface area contributed by atoms with Crippen LogP contribution in [0.2, 0.25) is 0 Å². The van der Waals surface area contributed by atoms with Crippen molar-refractivity contribution in [1.29, 1.82) is 0 Å². The molecule has 0 atom stereocenters. The predicted molar refractivity (Wildman–Crippen MR) is 116 cm³/mol. The average Bonchev–Trinajstić information content (AvgIpc) is 3.33. The van der Waals surface area contributed by atoms with Gasteiger partial charge in [-0.05, 0) is 54.5 Å². The lowest BCUT2D eigenvalue weighted by atomic mass is 9.80. The van der Waals surface area contributed by atoms with Crippen LogP contribution in [0.15, 0.2) is 48.5 Å². The van der Waals surface area contributed by atoms with Crippen LogP contribution >= 0.6 is 0 Å². The van der Waals surface area contributed by atoms with Crippen LogP contribution in [0.5, 0.6) is 0 Å². The average molecular weight is 431 g/mol. The Kier molecular flexibility index (Phi) is 6.49. The summed E-state index contributed by atoms with van der Waals surface area (Å²) in [6.07, 6.45) is 3.55. The van der Waals surface area contributed by atoms with E-state index >= 15 is 0 Å². The normalized spacial score (nSPS) is 20.1. The zero-order valence-corrected chi connectivity index (χ0v) is 17.6. The Morgan fingerprint density at radius 3 is 2.29 bits per heavy atom. The van der Waals surface area contributed by atoms with Crippen molar-refractivity contribution >= 4 is 6.29 Å². The summed E-state index contributed by atoms with van der Waals surface area (Å²) in [5.74, 6) is 0. The maximum absolute atomic E-state index is 13.1.